The van der Waals surface area contributed by atoms with Crippen molar-refractivity contribution in [2.24, 2.45) is 5.92 Å². The lowest BCUT2D eigenvalue weighted by molar-refractivity contribution is 0.335. The third-order valence-electron chi connectivity index (χ3n) is 1.96. The highest BCUT2D eigenvalue weighted by atomic mass is 15.1. The molecule has 0 unspecified atom stereocenters. The van der Waals surface area contributed by atoms with E-state index in [4.69, 9.17) is 0 Å². The van der Waals surface area contributed by atoms with Crippen molar-refractivity contribution in [2.75, 3.05) is 20.1 Å². The average Bonchev–Trinajstić information content (AvgIpc) is 2.18. The molecule has 0 amide bonds. The highest BCUT2D eigenvalue weighted by molar-refractivity contribution is 5.15. The van der Waals surface area contributed by atoms with E-state index in [1.165, 1.54) is 12.0 Å². The second-order valence-corrected chi connectivity index (χ2v) is 4.08. The summed E-state index contributed by atoms with van der Waals surface area (Å²) in [6, 6.07) is 0. The van der Waals surface area contributed by atoms with Crippen molar-refractivity contribution in [3.63, 3.8) is 0 Å². The fraction of sp³-hybridized carbons (Fsp3) is 0.714. The molecule has 0 saturated heterocycles. The molecule has 1 nitrogen and oxygen atoms in total. The van der Waals surface area contributed by atoms with Gasteiger partial charge in [-0.05, 0) is 38.4 Å². The standard InChI is InChI=1S/C12H23N.C2H6/c1-6-7-12(4)10-13(5)9-8-11(2)3;1-2/h6-7,11H,4,8-10H2,1-3,5H3;1-2H3/b7-6-;. The number of allylic oxidation sites excluding steroid dienone is 1. The van der Waals surface area contributed by atoms with Crippen molar-refractivity contribution < 1.29 is 0 Å². The predicted molar refractivity (Wildman–Crippen MR) is 72.3 cm³/mol. The summed E-state index contributed by atoms with van der Waals surface area (Å²) in [7, 11) is 2.15. The molecule has 0 saturated carbocycles. The summed E-state index contributed by atoms with van der Waals surface area (Å²) in [4.78, 5) is 2.32. The molecule has 0 fully saturated rings. The molecule has 0 aliphatic rings. The van der Waals surface area contributed by atoms with Gasteiger partial charge in [-0.1, -0.05) is 46.4 Å². The lowest BCUT2D eigenvalue weighted by atomic mass is 10.1. The van der Waals surface area contributed by atoms with Crippen LogP contribution in [-0.2, 0) is 0 Å². The summed E-state index contributed by atoms with van der Waals surface area (Å²) in [5, 5.41) is 0. The zero-order chi connectivity index (χ0) is 12.3. The van der Waals surface area contributed by atoms with Crippen molar-refractivity contribution in [2.45, 2.75) is 41.0 Å². The van der Waals surface area contributed by atoms with Gasteiger partial charge in [0, 0.05) is 6.54 Å². The monoisotopic (exact) mass is 211 g/mol. The Morgan fingerprint density at radius 2 is 1.87 bits per heavy atom. The molecule has 0 N–H and O–H groups in total. The van der Waals surface area contributed by atoms with E-state index >= 15 is 0 Å². The van der Waals surface area contributed by atoms with Crippen molar-refractivity contribution in [3.8, 4) is 0 Å². The van der Waals surface area contributed by atoms with E-state index in [0.29, 0.717) is 0 Å². The van der Waals surface area contributed by atoms with Crippen LogP contribution in [0.1, 0.15) is 41.0 Å². The van der Waals surface area contributed by atoms with Crippen LogP contribution in [0.5, 0.6) is 0 Å². The number of hydrogen-bond donors (Lipinski definition) is 0. The minimum atomic E-state index is 0.789. The molecule has 1 heteroatoms. The third-order valence-corrected chi connectivity index (χ3v) is 1.96. The smallest absolute Gasteiger partial charge is 0.0224 e. The molecule has 15 heavy (non-hydrogen) atoms. The Balaban J connectivity index is 0. The zero-order valence-electron chi connectivity index (χ0n) is 11.5. The van der Waals surface area contributed by atoms with Crippen molar-refractivity contribution in [1.82, 2.24) is 4.90 Å². The van der Waals surface area contributed by atoms with Crippen LogP contribution >= 0.6 is 0 Å². The maximum Gasteiger partial charge on any atom is 0.0224 e. The molecule has 0 bridgehead atoms. The summed E-state index contributed by atoms with van der Waals surface area (Å²) in [6.07, 6.45) is 5.38. The largest absolute Gasteiger partial charge is 0.302 e. The fourth-order valence-electron chi connectivity index (χ4n) is 1.19. The molecule has 0 atom stereocenters. The molecule has 0 aromatic heterocycles. The molecule has 0 aliphatic heterocycles. The Kier molecular flexibility index (Phi) is 12.9. The van der Waals surface area contributed by atoms with Gasteiger partial charge in [0.15, 0.2) is 0 Å². The Morgan fingerprint density at radius 1 is 1.33 bits per heavy atom. The second-order valence-electron chi connectivity index (χ2n) is 4.08. The van der Waals surface area contributed by atoms with Crippen LogP contribution in [0.4, 0.5) is 0 Å². The normalized spacial score (nSPS) is 10.7. The SMILES string of the molecule is C=C(/C=C\C)CN(C)CCC(C)C.CC. The molecule has 0 rings (SSSR count). The zero-order valence-corrected chi connectivity index (χ0v) is 11.5. The molecule has 90 valence electrons. The maximum atomic E-state index is 3.98. The van der Waals surface area contributed by atoms with E-state index in [0.717, 1.165) is 19.0 Å². The first kappa shape index (κ1) is 16.9. The first-order chi connectivity index (χ1) is 7.06. The quantitative estimate of drug-likeness (QED) is 0.597. The van der Waals surface area contributed by atoms with E-state index in [2.05, 4.69) is 38.5 Å². The van der Waals surface area contributed by atoms with Crippen LogP contribution in [0.2, 0.25) is 0 Å². The molecule has 0 aliphatic carbocycles. The maximum absolute atomic E-state index is 3.98. The number of nitrogens with zero attached hydrogens (tertiary/aromatic N) is 1. The summed E-state index contributed by atoms with van der Waals surface area (Å²) < 4.78 is 0. The van der Waals surface area contributed by atoms with Crippen LogP contribution in [-0.4, -0.2) is 25.0 Å². The first-order valence-corrected chi connectivity index (χ1v) is 6.05. The van der Waals surface area contributed by atoms with Gasteiger partial charge in [0.25, 0.3) is 0 Å². The molecular formula is C14H29N. The summed E-state index contributed by atoms with van der Waals surface area (Å²) in [5.41, 5.74) is 1.19. The summed E-state index contributed by atoms with van der Waals surface area (Å²) in [6.45, 7) is 16.7. The van der Waals surface area contributed by atoms with Gasteiger partial charge in [-0.3, -0.25) is 0 Å². The lowest BCUT2D eigenvalue weighted by Gasteiger charge is -2.17. The van der Waals surface area contributed by atoms with Crippen LogP contribution in [0.3, 0.4) is 0 Å². The minimum Gasteiger partial charge on any atom is -0.302 e. The highest BCUT2D eigenvalue weighted by Crippen LogP contribution is 2.02. The van der Waals surface area contributed by atoms with Gasteiger partial charge in [0.2, 0.25) is 0 Å². The molecule has 0 heterocycles. The van der Waals surface area contributed by atoms with Gasteiger partial charge in [0.1, 0.15) is 0 Å². The van der Waals surface area contributed by atoms with E-state index in [9.17, 15) is 0 Å². The van der Waals surface area contributed by atoms with Crippen molar-refractivity contribution in [1.29, 1.82) is 0 Å². The van der Waals surface area contributed by atoms with Gasteiger partial charge in [-0.25, -0.2) is 0 Å². The topological polar surface area (TPSA) is 3.24 Å². The van der Waals surface area contributed by atoms with Crippen LogP contribution < -0.4 is 0 Å². The molecule has 0 spiro atoms. The molecule has 0 radical (unpaired) electrons. The van der Waals surface area contributed by atoms with Crippen LogP contribution in [0, 0.1) is 5.92 Å². The second kappa shape index (κ2) is 11.5. The van der Waals surface area contributed by atoms with Gasteiger partial charge >= 0.3 is 0 Å². The van der Waals surface area contributed by atoms with E-state index in [1.54, 1.807) is 0 Å². The third kappa shape index (κ3) is 13.4. The van der Waals surface area contributed by atoms with Gasteiger partial charge in [-0.15, -0.1) is 0 Å². The summed E-state index contributed by atoms with van der Waals surface area (Å²) in [5.74, 6) is 0.789. The molecule has 0 aromatic carbocycles. The van der Waals surface area contributed by atoms with Crippen LogP contribution in [0.15, 0.2) is 24.3 Å². The number of hydrogen-bond acceptors (Lipinski definition) is 1. The molecule has 0 aromatic rings. The fourth-order valence-corrected chi connectivity index (χ4v) is 1.19. The van der Waals surface area contributed by atoms with Gasteiger partial charge < -0.3 is 4.90 Å². The Hall–Kier alpha value is -0.560. The summed E-state index contributed by atoms with van der Waals surface area (Å²) >= 11 is 0. The van der Waals surface area contributed by atoms with E-state index < -0.39 is 0 Å². The Bertz CT molecular complexity index is 168. The Labute approximate surface area is 96.9 Å². The lowest BCUT2D eigenvalue weighted by Crippen LogP contribution is -2.22. The van der Waals surface area contributed by atoms with Crippen molar-refractivity contribution >= 4 is 0 Å². The number of rotatable bonds is 6. The Morgan fingerprint density at radius 3 is 2.27 bits per heavy atom. The average molecular weight is 211 g/mol. The highest BCUT2D eigenvalue weighted by Gasteiger charge is 2.00. The minimum absolute atomic E-state index is 0.789. The first-order valence-electron chi connectivity index (χ1n) is 6.05. The van der Waals surface area contributed by atoms with Crippen LogP contribution in [0.25, 0.3) is 0 Å². The van der Waals surface area contributed by atoms with E-state index in [-0.39, 0.29) is 0 Å². The van der Waals surface area contributed by atoms with Gasteiger partial charge in [-0.2, -0.15) is 0 Å². The van der Waals surface area contributed by atoms with Crippen molar-refractivity contribution in [3.05, 3.63) is 24.3 Å². The van der Waals surface area contributed by atoms with E-state index in [1.807, 2.05) is 26.8 Å². The van der Waals surface area contributed by atoms with Gasteiger partial charge in [0.05, 0.1) is 0 Å². The predicted octanol–water partition coefficient (Wildman–Crippen LogP) is 4.12. The number of likely N-dealkylation sites (N-methyl/N-ethyl adjacent to an activating group) is 1. The molecular weight excluding hydrogens is 182 g/mol.